The molecule has 0 spiro atoms. The van der Waals surface area contributed by atoms with Crippen LogP contribution >= 0.6 is 0 Å². The van der Waals surface area contributed by atoms with Crippen molar-refractivity contribution < 1.29 is 0 Å². The second-order valence-electron chi connectivity index (χ2n) is 6.92. The molecule has 0 fully saturated rings. The minimum atomic E-state index is 0.280. The Hall–Kier alpha value is -0.800. The van der Waals surface area contributed by atoms with Crippen molar-refractivity contribution in [1.82, 2.24) is 0 Å². The molecule has 0 aromatic heterocycles. The molecule has 126 valence electrons. The molecule has 0 saturated carbocycles. The molecule has 0 aromatic rings. The average molecular weight is 306 g/mol. The zero-order valence-electron chi connectivity index (χ0n) is 14.3. The quantitative estimate of drug-likeness (QED) is 0.560. The van der Waals surface area contributed by atoms with Gasteiger partial charge >= 0.3 is 0 Å². The van der Waals surface area contributed by atoms with Gasteiger partial charge in [-0.1, -0.05) is 64.2 Å². The zero-order chi connectivity index (χ0) is 15.3. The van der Waals surface area contributed by atoms with Crippen LogP contribution in [0, 0.1) is 0 Å². The van der Waals surface area contributed by atoms with Crippen molar-refractivity contribution in [2.75, 3.05) is 13.1 Å². The molecule has 0 aliphatic carbocycles. The Morgan fingerprint density at radius 3 is 1.23 bits per heavy atom. The van der Waals surface area contributed by atoms with Gasteiger partial charge in [0.2, 0.25) is 0 Å². The fraction of sp³-hybridized carbons (Fsp3) is 1.00. The first-order valence-corrected chi connectivity index (χ1v) is 9.70. The summed E-state index contributed by atoms with van der Waals surface area (Å²) in [4.78, 5) is 0. The Balaban J connectivity index is 1.94. The fourth-order valence-corrected chi connectivity index (χ4v) is 3.47. The predicted octanol–water partition coefficient (Wildman–Crippen LogP) is 6.12. The number of azo groups is 2. The minimum Gasteiger partial charge on any atom is -0.194 e. The van der Waals surface area contributed by atoms with E-state index in [1.807, 2.05) is 0 Å². The third-order valence-corrected chi connectivity index (χ3v) is 4.92. The smallest absolute Gasteiger partial charge is 0.0949 e. The molecular weight excluding hydrogens is 272 g/mol. The van der Waals surface area contributed by atoms with Gasteiger partial charge < -0.3 is 0 Å². The van der Waals surface area contributed by atoms with Crippen molar-refractivity contribution in [3.8, 4) is 0 Å². The molecule has 2 atom stereocenters. The highest BCUT2D eigenvalue weighted by molar-refractivity contribution is 4.81. The highest BCUT2D eigenvalue weighted by Gasteiger charge is 2.21. The van der Waals surface area contributed by atoms with E-state index in [0.717, 1.165) is 25.9 Å². The lowest BCUT2D eigenvalue weighted by Crippen LogP contribution is -2.22. The summed E-state index contributed by atoms with van der Waals surface area (Å²) in [6, 6.07) is 0.560. The molecule has 0 bridgehead atoms. The first-order valence-electron chi connectivity index (χ1n) is 9.70. The number of hydrogen-bond donors (Lipinski definition) is 0. The van der Waals surface area contributed by atoms with Gasteiger partial charge in [0.25, 0.3) is 0 Å². The monoisotopic (exact) mass is 306 g/mol. The number of rotatable bonds is 1. The van der Waals surface area contributed by atoms with Crippen LogP contribution in [-0.4, -0.2) is 25.2 Å². The van der Waals surface area contributed by atoms with Crippen molar-refractivity contribution >= 4 is 0 Å². The predicted molar refractivity (Wildman–Crippen MR) is 91.7 cm³/mol. The molecule has 2 unspecified atom stereocenters. The van der Waals surface area contributed by atoms with Crippen LogP contribution in [0.15, 0.2) is 20.5 Å². The molecule has 2 aliphatic rings. The molecule has 4 heteroatoms. The second kappa shape index (κ2) is 11.7. The Kier molecular flexibility index (Phi) is 9.36. The van der Waals surface area contributed by atoms with Gasteiger partial charge in [-0.15, -0.1) is 0 Å². The van der Waals surface area contributed by atoms with Gasteiger partial charge in [0.1, 0.15) is 0 Å². The van der Waals surface area contributed by atoms with Crippen LogP contribution in [-0.2, 0) is 0 Å². The van der Waals surface area contributed by atoms with E-state index in [1.165, 1.54) is 77.0 Å². The summed E-state index contributed by atoms with van der Waals surface area (Å²) in [5.41, 5.74) is 0. The summed E-state index contributed by atoms with van der Waals surface area (Å²) < 4.78 is 0. The Morgan fingerprint density at radius 2 is 0.773 bits per heavy atom. The lowest BCUT2D eigenvalue weighted by atomic mass is 9.96. The van der Waals surface area contributed by atoms with E-state index in [0.29, 0.717) is 0 Å². The van der Waals surface area contributed by atoms with Crippen molar-refractivity contribution in [2.24, 2.45) is 20.5 Å². The average Bonchev–Trinajstić information content (AvgIpc) is 2.64. The first kappa shape index (κ1) is 17.6. The van der Waals surface area contributed by atoms with E-state index < -0.39 is 0 Å². The van der Waals surface area contributed by atoms with Crippen molar-refractivity contribution in [3.05, 3.63) is 0 Å². The normalized spacial score (nSPS) is 30.2. The summed E-state index contributed by atoms with van der Waals surface area (Å²) in [6.07, 6.45) is 18.0. The van der Waals surface area contributed by atoms with Crippen molar-refractivity contribution in [3.63, 3.8) is 0 Å². The maximum Gasteiger partial charge on any atom is 0.0949 e. The number of nitrogens with zero attached hydrogens (tertiary/aromatic N) is 4. The van der Waals surface area contributed by atoms with E-state index in [1.54, 1.807) is 0 Å². The Morgan fingerprint density at radius 1 is 0.409 bits per heavy atom. The van der Waals surface area contributed by atoms with Crippen LogP contribution in [0.3, 0.4) is 0 Å². The molecule has 0 radical (unpaired) electrons. The van der Waals surface area contributed by atoms with Crippen molar-refractivity contribution in [1.29, 1.82) is 0 Å². The SMILES string of the molecule is C1CCCCC(C2CCCCCCCCN=N2)N=NCCC1. The molecule has 2 rings (SSSR count). The van der Waals surface area contributed by atoms with Crippen LogP contribution < -0.4 is 0 Å². The number of hydrogen-bond acceptors (Lipinski definition) is 4. The summed E-state index contributed by atoms with van der Waals surface area (Å²) in [5, 5.41) is 18.3. The van der Waals surface area contributed by atoms with Gasteiger partial charge in [-0.3, -0.25) is 0 Å². The Bertz CT molecular complexity index is 295. The maximum absolute atomic E-state index is 4.67. The first-order chi connectivity index (χ1) is 11.0. The highest BCUT2D eigenvalue weighted by Crippen LogP contribution is 2.22. The van der Waals surface area contributed by atoms with Crippen LogP contribution in [0.4, 0.5) is 0 Å². The molecule has 0 aromatic carbocycles. The lowest BCUT2D eigenvalue weighted by Gasteiger charge is -2.18. The summed E-state index contributed by atoms with van der Waals surface area (Å²) >= 11 is 0. The van der Waals surface area contributed by atoms with E-state index in [-0.39, 0.29) is 12.1 Å². The third kappa shape index (κ3) is 7.46. The highest BCUT2D eigenvalue weighted by atomic mass is 15.2. The van der Waals surface area contributed by atoms with Crippen LogP contribution in [0.2, 0.25) is 0 Å². The lowest BCUT2D eigenvalue weighted by molar-refractivity contribution is 0.413. The van der Waals surface area contributed by atoms with Crippen LogP contribution in [0.5, 0.6) is 0 Å². The molecular formula is C18H34N4. The molecule has 2 aliphatic heterocycles. The van der Waals surface area contributed by atoms with Gasteiger partial charge in [0.05, 0.1) is 25.2 Å². The Labute approximate surface area is 136 Å². The van der Waals surface area contributed by atoms with Crippen LogP contribution in [0.1, 0.15) is 89.9 Å². The molecule has 2 heterocycles. The maximum atomic E-state index is 4.67. The van der Waals surface area contributed by atoms with Gasteiger partial charge in [0.15, 0.2) is 0 Å². The van der Waals surface area contributed by atoms with E-state index in [9.17, 15) is 0 Å². The summed E-state index contributed by atoms with van der Waals surface area (Å²) in [7, 11) is 0. The standard InChI is InChI=1S/C18H34N4/c1-3-7-11-15-19-21-17(13-9-5-1)18-14-10-6-2-4-8-12-16-20-22-18/h17-18H,1-16H2. The largest absolute Gasteiger partial charge is 0.194 e. The molecule has 0 saturated heterocycles. The van der Waals surface area contributed by atoms with Gasteiger partial charge in [-0.2, -0.15) is 20.5 Å². The van der Waals surface area contributed by atoms with E-state index >= 15 is 0 Å². The summed E-state index contributed by atoms with van der Waals surface area (Å²) in [6.45, 7) is 1.81. The summed E-state index contributed by atoms with van der Waals surface area (Å²) in [5.74, 6) is 0. The fourth-order valence-electron chi connectivity index (χ4n) is 3.47. The van der Waals surface area contributed by atoms with Gasteiger partial charge in [-0.05, 0) is 25.7 Å². The van der Waals surface area contributed by atoms with E-state index in [4.69, 9.17) is 0 Å². The molecule has 4 nitrogen and oxygen atoms in total. The van der Waals surface area contributed by atoms with E-state index in [2.05, 4.69) is 20.5 Å². The zero-order valence-corrected chi connectivity index (χ0v) is 14.3. The minimum absolute atomic E-state index is 0.280. The molecule has 0 amide bonds. The van der Waals surface area contributed by atoms with Gasteiger partial charge in [-0.25, -0.2) is 0 Å². The second-order valence-corrected chi connectivity index (χ2v) is 6.92. The third-order valence-electron chi connectivity index (χ3n) is 4.92. The van der Waals surface area contributed by atoms with Crippen LogP contribution in [0.25, 0.3) is 0 Å². The van der Waals surface area contributed by atoms with Crippen molar-refractivity contribution in [2.45, 2.75) is 102 Å². The molecule has 22 heavy (non-hydrogen) atoms. The topological polar surface area (TPSA) is 49.4 Å². The molecule has 0 N–H and O–H groups in total. The van der Waals surface area contributed by atoms with Gasteiger partial charge in [0, 0.05) is 0 Å².